The van der Waals surface area contributed by atoms with Crippen LogP contribution in [0.2, 0.25) is 0 Å². The van der Waals surface area contributed by atoms with Gasteiger partial charge in [-0.15, -0.1) is 0 Å². The Labute approximate surface area is 101 Å². The molecule has 1 rings (SSSR count). The van der Waals surface area contributed by atoms with E-state index in [2.05, 4.69) is 9.97 Å². The maximum Gasteiger partial charge on any atom is 0.340 e. The van der Waals surface area contributed by atoms with Gasteiger partial charge in [0.1, 0.15) is 16.4 Å². The maximum absolute atomic E-state index is 12.3. The lowest BCUT2D eigenvalue weighted by Crippen LogP contribution is -2.11. The average molecular weight is 262 g/mol. The van der Waals surface area contributed by atoms with Crippen molar-refractivity contribution in [2.45, 2.75) is 37.5 Å². The van der Waals surface area contributed by atoms with E-state index in [4.69, 9.17) is 5.11 Å². The first kappa shape index (κ1) is 13.8. The molecule has 0 amide bonds. The van der Waals surface area contributed by atoms with E-state index >= 15 is 0 Å². The normalized spacial score (nSPS) is 11.2. The summed E-state index contributed by atoms with van der Waals surface area (Å²) in [7, 11) is 0. The topological polar surface area (TPSA) is 63.1 Å². The van der Waals surface area contributed by atoms with Gasteiger partial charge in [-0.25, -0.2) is 14.8 Å². The zero-order valence-electron chi connectivity index (χ0n) is 9.57. The van der Waals surface area contributed by atoms with Gasteiger partial charge < -0.3 is 5.11 Å². The fourth-order valence-electron chi connectivity index (χ4n) is 1.24. The molecule has 0 bridgehead atoms. The van der Waals surface area contributed by atoms with Gasteiger partial charge >= 0.3 is 5.97 Å². The lowest BCUT2D eigenvalue weighted by atomic mass is 10.2. The van der Waals surface area contributed by atoms with Crippen molar-refractivity contribution in [3.05, 3.63) is 17.1 Å². The van der Waals surface area contributed by atoms with Gasteiger partial charge in [0, 0.05) is 5.92 Å². The summed E-state index contributed by atoms with van der Waals surface area (Å²) >= 11 is 0.134. The molecular weight excluding hydrogens is 250 g/mol. The van der Waals surface area contributed by atoms with Crippen LogP contribution in [-0.2, 0) is 0 Å². The lowest BCUT2D eigenvalue weighted by Gasteiger charge is -2.11. The molecule has 0 fully saturated rings. The predicted molar refractivity (Wildman–Crippen MR) is 59.7 cm³/mol. The van der Waals surface area contributed by atoms with E-state index in [1.807, 2.05) is 13.8 Å². The number of carboxylic acids is 1. The number of carboxylic acid groups (broad SMARTS) is 1. The number of halogens is 2. The highest BCUT2D eigenvalue weighted by molar-refractivity contribution is 7.99. The molecule has 0 unspecified atom stereocenters. The molecule has 1 heterocycles. The third kappa shape index (κ3) is 3.36. The summed E-state index contributed by atoms with van der Waals surface area (Å²) in [5, 5.41) is 8.77. The van der Waals surface area contributed by atoms with Gasteiger partial charge in [0.15, 0.2) is 0 Å². The number of nitrogens with zero attached hydrogens (tertiary/aromatic N) is 2. The molecular formula is C10H12F2N2O2S. The summed E-state index contributed by atoms with van der Waals surface area (Å²) in [4.78, 5) is 18.9. The largest absolute Gasteiger partial charge is 0.478 e. The minimum absolute atomic E-state index is 0.0476. The monoisotopic (exact) mass is 262 g/mol. The Balaban J connectivity index is 3.34. The number of alkyl halides is 2. The third-order valence-corrected chi connectivity index (χ3v) is 2.70. The van der Waals surface area contributed by atoms with Crippen LogP contribution in [0.1, 0.15) is 41.6 Å². The SMILES string of the molecule is Cc1nc(C(C)C)nc(SC(F)F)c1C(=O)O. The van der Waals surface area contributed by atoms with E-state index in [0.717, 1.165) is 0 Å². The highest BCUT2D eigenvalue weighted by Gasteiger charge is 2.22. The molecule has 7 heteroatoms. The Kier molecular flexibility index (Phi) is 4.39. The molecule has 0 aliphatic carbocycles. The minimum Gasteiger partial charge on any atom is -0.478 e. The Morgan fingerprint density at radius 1 is 1.35 bits per heavy atom. The fourth-order valence-corrected chi connectivity index (χ4v) is 1.91. The lowest BCUT2D eigenvalue weighted by molar-refractivity contribution is 0.0690. The Morgan fingerprint density at radius 2 is 1.94 bits per heavy atom. The van der Waals surface area contributed by atoms with E-state index in [1.54, 1.807) is 0 Å². The second-order valence-electron chi connectivity index (χ2n) is 3.69. The molecule has 4 nitrogen and oxygen atoms in total. The van der Waals surface area contributed by atoms with E-state index in [9.17, 15) is 13.6 Å². The number of rotatable bonds is 4. The minimum atomic E-state index is -2.71. The summed E-state index contributed by atoms with van der Waals surface area (Å²) < 4.78 is 24.7. The van der Waals surface area contributed by atoms with Crippen molar-refractivity contribution in [3.8, 4) is 0 Å². The first-order chi connectivity index (χ1) is 7.82. The van der Waals surface area contributed by atoms with Crippen LogP contribution < -0.4 is 0 Å². The van der Waals surface area contributed by atoms with Gasteiger partial charge in [0.05, 0.1) is 5.69 Å². The average Bonchev–Trinajstić information content (AvgIpc) is 2.14. The third-order valence-electron chi connectivity index (χ3n) is 2.00. The molecule has 0 aliphatic heterocycles. The van der Waals surface area contributed by atoms with Crippen molar-refractivity contribution in [3.63, 3.8) is 0 Å². The summed E-state index contributed by atoms with van der Waals surface area (Å²) in [6, 6.07) is 0. The molecule has 0 aromatic carbocycles. The molecule has 0 spiro atoms. The number of hydrogen-bond acceptors (Lipinski definition) is 4. The van der Waals surface area contributed by atoms with E-state index in [-0.39, 0.29) is 34.0 Å². The Hall–Kier alpha value is -1.24. The van der Waals surface area contributed by atoms with E-state index < -0.39 is 11.7 Å². The molecule has 1 aromatic heterocycles. The quantitative estimate of drug-likeness (QED) is 0.667. The molecule has 0 aliphatic rings. The molecule has 1 N–H and O–H groups in total. The standard InChI is InChI=1S/C10H12F2N2O2S/c1-4(2)7-13-5(3)6(9(15)16)8(14-7)17-10(11)12/h4,10H,1-3H3,(H,15,16). The Morgan fingerprint density at radius 3 is 2.35 bits per heavy atom. The van der Waals surface area contributed by atoms with Crippen molar-refractivity contribution in [1.29, 1.82) is 0 Å². The van der Waals surface area contributed by atoms with Gasteiger partial charge in [-0.05, 0) is 18.7 Å². The van der Waals surface area contributed by atoms with E-state index in [1.165, 1.54) is 6.92 Å². The van der Waals surface area contributed by atoms with E-state index in [0.29, 0.717) is 5.82 Å². The van der Waals surface area contributed by atoms with Crippen LogP contribution in [0.5, 0.6) is 0 Å². The maximum atomic E-state index is 12.3. The van der Waals surface area contributed by atoms with Gasteiger partial charge in [0.2, 0.25) is 0 Å². The number of hydrogen-bond donors (Lipinski definition) is 1. The van der Waals surface area contributed by atoms with Gasteiger partial charge in [-0.2, -0.15) is 8.78 Å². The van der Waals surface area contributed by atoms with Crippen LogP contribution in [0.15, 0.2) is 5.03 Å². The number of aryl methyl sites for hydroxylation is 1. The molecule has 0 radical (unpaired) electrons. The Bertz CT molecular complexity index is 439. The summed E-state index contributed by atoms with van der Waals surface area (Å²) in [5.74, 6) is -3.67. The first-order valence-corrected chi connectivity index (χ1v) is 5.77. The van der Waals surface area contributed by atoms with Crippen LogP contribution >= 0.6 is 11.8 Å². The van der Waals surface area contributed by atoms with Gasteiger partial charge in [0.25, 0.3) is 5.76 Å². The highest BCUT2D eigenvalue weighted by Crippen LogP contribution is 2.29. The number of aromatic nitrogens is 2. The molecule has 17 heavy (non-hydrogen) atoms. The van der Waals surface area contributed by atoms with Crippen LogP contribution in [0, 0.1) is 6.92 Å². The summed E-state index contributed by atoms with van der Waals surface area (Å²) in [6.45, 7) is 5.10. The fraction of sp³-hybridized carbons (Fsp3) is 0.500. The smallest absolute Gasteiger partial charge is 0.340 e. The zero-order valence-corrected chi connectivity index (χ0v) is 10.4. The van der Waals surface area contributed by atoms with Crippen molar-refractivity contribution in [2.75, 3.05) is 0 Å². The number of aromatic carboxylic acids is 1. The molecule has 0 saturated carbocycles. The second kappa shape index (κ2) is 5.39. The van der Waals surface area contributed by atoms with Gasteiger partial charge in [-0.1, -0.05) is 13.8 Å². The van der Waals surface area contributed by atoms with Crippen molar-refractivity contribution < 1.29 is 18.7 Å². The zero-order chi connectivity index (χ0) is 13.2. The van der Waals surface area contributed by atoms with Crippen LogP contribution in [-0.4, -0.2) is 26.8 Å². The highest BCUT2D eigenvalue weighted by atomic mass is 32.2. The molecule has 1 aromatic rings. The number of thioether (sulfide) groups is 1. The molecule has 0 saturated heterocycles. The molecule has 94 valence electrons. The summed E-state index contributed by atoms with van der Waals surface area (Å²) in [5.41, 5.74) is -0.0425. The van der Waals surface area contributed by atoms with Crippen LogP contribution in [0.25, 0.3) is 0 Å². The first-order valence-electron chi connectivity index (χ1n) is 4.89. The van der Waals surface area contributed by atoms with Crippen LogP contribution in [0.4, 0.5) is 8.78 Å². The van der Waals surface area contributed by atoms with Crippen LogP contribution in [0.3, 0.4) is 0 Å². The molecule has 0 atom stereocenters. The summed E-state index contributed by atoms with van der Waals surface area (Å²) in [6.07, 6.45) is 0. The van der Waals surface area contributed by atoms with Crippen molar-refractivity contribution >= 4 is 17.7 Å². The van der Waals surface area contributed by atoms with Gasteiger partial charge in [-0.3, -0.25) is 0 Å². The second-order valence-corrected chi connectivity index (χ2v) is 4.66. The van der Waals surface area contributed by atoms with Crippen molar-refractivity contribution in [1.82, 2.24) is 9.97 Å². The predicted octanol–water partition coefficient (Wildman–Crippen LogP) is 2.92. The number of carbonyl (C=O) groups is 1. The van der Waals surface area contributed by atoms with Crippen molar-refractivity contribution in [2.24, 2.45) is 0 Å².